The normalized spacial score (nSPS) is 18.5. The molecule has 118 valence electrons. The number of halogens is 1. The fourth-order valence-electron chi connectivity index (χ4n) is 3.16. The molecule has 0 amide bonds. The zero-order valence-electron chi connectivity index (χ0n) is 13.2. The first-order valence-electron chi connectivity index (χ1n) is 8.09. The van der Waals surface area contributed by atoms with E-state index >= 15 is 0 Å². The smallest absolute Gasteiger partial charge is 0.122 e. The second-order valence-corrected chi connectivity index (χ2v) is 7.93. The van der Waals surface area contributed by atoms with Gasteiger partial charge >= 0.3 is 0 Å². The molecule has 1 nitrogen and oxygen atoms in total. The summed E-state index contributed by atoms with van der Waals surface area (Å²) in [6, 6.07) is 6.35. The molecule has 0 radical (unpaired) electrons. The van der Waals surface area contributed by atoms with E-state index in [1.807, 2.05) is 0 Å². The van der Waals surface area contributed by atoms with Crippen LogP contribution in [0.5, 0.6) is 5.75 Å². The van der Waals surface area contributed by atoms with Crippen molar-refractivity contribution in [3.8, 4) is 5.75 Å². The lowest BCUT2D eigenvalue weighted by Gasteiger charge is -2.31. The van der Waals surface area contributed by atoms with Crippen molar-refractivity contribution in [1.82, 2.24) is 0 Å². The van der Waals surface area contributed by atoms with Crippen molar-refractivity contribution in [3.05, 3.63) is 28.2 Å². The van der Waals surface area contributed by atoms with Gasteiger partial charge in [0.05, 0.1) is 6.61 Å². The Morgan fingerprint density at radius 3 is 2.43 bits per heavy atom. The van der Waals surface area contributed by atoms with E-state index in [4.69, 9.17) is 4.74 Å². The summed E-state index contributed by atoms with van der Waals surface area (Å²) in [4.78, 5) is 0. The molecule has 3 heteroatoms. The molecular weight excluding hydrogens is 344 g/mol. The van der Waals surface area contributed by atoms with E-state index in [9.17, 15) is 0 Å². The summed E-state index contributed by atoms with van der Waals surface area (Å²) in [5.74, 6) is 2.44. The molecule has 0 spiro atoms. The van der Waals surface area contributed by atoms with Crippen molar-refractivity contribution in [2.45, 2.75) is 58.3 Å². The summed E-state index contributed by atoms with van der Waals surface area (Å²) in [5, 5.41) is 0. The number of ether oxygens (including phenoxy) is 1. The van der Waals surface area contributed by atoms with Crippen LogP contribution in [-0.2, 0) is 0 Å². The highest BCUT2D eigenvalue weighted by atomic mass is 79.9. The first kappa shape index (κ1) is 17.2. The van der Waals surface area contributed by atoms with Gasteiger partial charge in [-0.25, -0.2) is 0 Å². The summed E-state index contributed by atoms with van der Waals surface area (Å²) in [5.41, 5.74) is 1.55. The first-order valence-corrected chi connectivity index (χ1v) is 9.52. The number of benzene rings is 1. The Hall–Kier alpha value is -0.150. The Labute approximate surface area is 143 Å². The third-order valence-electron chi connectivity index (χ3n) is 4.63. The number of thiol groups is 1. The van der Waals surface area contributed by atoms with Crippen molar-refractivity contribution < 1.29 is 4.74 Å². The zero-order valence-corrected chi connectivity index (χ0v) is 15.7. The van der Waals surface area contributed by atoms with Crippen molar-refractivity contribution >= 4 is 28.6 Å². The Morgan fingerprint density at radius 2 is 1.86 bits per heavy atom. The van der Waals surface area contributed by atoms with Gasteiger partial charge in [-0.1, -0.05) is 55.5 Å². The van der Waals surface area contributed by atoms with Gasteiger partial charge in [0, 0.05) is 9.89 Å². The molecule has 1 aromatic rings. The molecule has 1 saturated carbocycles. The van der Waals surface area contributed by atoms with E-state index in [2.05, 4.69) is 60.6 Å². The predicted molar refractivity (Wildman–Crippen MR) is 97.7 cm³/mol. The van der Waals surface area contributed by atoms with Crippen LogP contribution in [0.1, 0.15) is 63.9 Å². The SMILES string of the molecule is CC(C)c1cc(Br)ccc1OCC1(CS)CCCCCC1. The number of hydrogen-bond acceptors (Lipinski definition) is 2. The quantitative estimate of drug-likeness (QED) is 0.477. The van der Waals surface area contributed by atoms with Gasteiger partial charge in [0.15, 0.2) is 0 Å². The molecule has 0 bridgehead atoms. The van der Waals surface area contributed by atoms with Crippen LogP contribution in [0.2, 0.25) is 0 Å². The Balaban J connectivity index is 2.10. The maximum Gasteiger partial charge on any atom is 0.122 e. The van der Waals surface area contributed by atoms with Gasteiger partial charge in [-0.3, -0.25) is 0 Å². The molecule has 0 heterocycles. The molecule has 21 heavy (non-hydrogen) atoms. The summed E-state index contributed by atoms with van der Waals surface area (Å²) in [6.45, 7) is 5.24. The Kier molecular flexibility index (Phi) is 6.49. The van der Waals surface area contributed by atoms with Crippen LogP contribution in [0, 0.1) is 5.41 Å². The molecule has 0 atom stereocenters. The third-order valence-corrected chi connectivity index (χ3v) is 5.79. The highest BCUT2D eigenvalue weighted by molar-refractivity contribution is 9.10. The second kappa shape index (κ2) is 7.92. The molecule has 0 aliphatic heterocycles. The minimum atomic E-state index is 0.265. The van der Waals surface area contributed by atoms with Crippen molar-refractivity contribution in [1.29, 1.82) is 0 Å². The van der Waals surface area contributed by atoms with Crippen molar-refractivity contribution in [3.63, 3.8) is 0 Å². The van der Waals surface area contributed by atoms with Crippen LogP contribution in [0.3, 0.4) is 0 Å². The molecule has 0 aromatic heterocycles. The van der Waals surface area contributed by atoms with E-state index in [0.717, 1.165) is 22.6 Å². The van der Waals surface area contributed by atoms with Gasteiger partial charge < -0.3 is 4.74 Å². The molecule has 1 aliphatic carbocycles. The molecule has 1 fully saturated rings. The molecule has 1 aliphatic rings. The van der Waals surface area contributed by atoms with Gasteiger partial charge in [0.25, 0.3) is 0 Å². The van der Waals surface area contributed by atoms with Crippen LogP contribution in [0.4, 0.5) is 0 Å². The maximum absolute atomic E-state index is 6.27. The van der Waals surface area contributed by atoms with Gasteiger partial charge in [0.1, 0.15) is 5.75 Å². The molecule has 1 aromatic carbocycles. The lowest BCUT2D eigenvalue weighted by atomic mass is 9.83. The van der Waals surface area contributed by atoms with E-state index in [-0.39, 0.29) is 5.41 Å². The number of rotatable bonds is 5. The maximum atomic E-state index is 6.27. The summed E-state index contributed by atoms with van der Waals surface area (Å²) < 4.78 is 7.40. The van der Waals surface area contributed by atoms with Crippen LogP contribution in [0.25, 0.3) is 0 Å². The largest absolute Gasteiger partial charge is 0.493 e. The lowest BCUT2D eigenvalue weighted by Crippen LogP contribution is -2.30. The second-order valence-electron chi connectivity index (χ2n) is 6.70. The van der Waals surface area contributed by atoms with Gasteiger partial charge in [-0.15, -0.1) is 0 Å². The van der Waals surface area contributed by atoms with E-state index in [1.165, 1.54) is 44.1 Å². The molecule has 0 unspecified atom stereocenters. The van der Waals surface area contributed by atoms with Crippen LogP contribution in [-0.4, -0.2) is 12.4 Å². The number of hydrogen-bond donors (Lipinski definition) is 1. The Bertz CT molecular complexity index is 451. The summed E-state index contributed by atoms with van der Waals surface area (Å²) in [7, 11) is 0. The molecular formula is C18H27BrOS. The fraction of sp³-hybridized carbons (Fsp3) is 0.667. The van der Waals surface area contributed by atoms with Crippen molar-refractivity contribution in [2.75, 3.05) is 12.4 Å². The van der Waals surface area contributed by atoms with Crippen molar-refractivity contribution in [2.24, 2.45) is 5.41 Å². The van der Waals surface area contributed by atoms with Gasteiger partial charge in [-0.05, 0) is 48.3 Å². The summed E-state index contributed by atoms with van der Waals surface area (Å²) in [6.07, 6.45) is 7.88. The van der Waals surface area contributed by atoms with Gasteiger partial charge in [-0.2, -0.15) is 12.6 Å². The predicted octanol–water partition coefficient (Wildman–Crippen LogP) is 6.22. The van der Waals surface area contributed by atoms with Gasteiger partial charge in [0.2, 0.25) is 0 Å². The standard InChI is InChI=1S/C18H27BrOS/c1-14(2)16-11-15(19)7-8-17(16)20-12-18(13-21)9-5-3-4-6-10-18/h7-8,11,14,21H,3-6,9-10,12-13H2,1-2H3. The molecule has 0 saturated heterocycles. The Morgan fingerprint density at radius 1 is 1.19 bits per heavy atom. The minimum absolute atomic E-state index is 0.265. The lowest BCUT2D eigenvalue weighted by molar-refractivity contribution is 0.147. The fourth-order valence-corrected chi connectivity index (χ4v) is 3.95. The average Bonchev–Trinajstić information content (AvgIpc) is 2.72. The highest BCUT2D eigenvalue weighted by Crippen LogP contribution is 2.38. The molecule has 2 rings (SSSR count). The van der Waals surface area contributed by atoms with E-state index in [0.29, 0.717) is 5.92 Å². The van der Waals surface area contributed by atoms with Crippen LogP contribution >= 0.6 is 28.6 Å². The topological polar surface area (TPSA) is 9.23 Å². The minimum Gasteiger partial charge on any atom is -0.493 e. The highest BCUT2D eigenvalue weighted by Gasteiger charge is 2.30. The van der Waals surface area contributed by atoms with E-state index in [1.54, 1.807) is 0 Å². The first-order chi connectivity index (χ1) is 10.1. The van der Waals surface area contributed by atoms with Crippen LogP contribution < -0.4 is 4.74 Å². The third kappa shape index (κ3) is 4.66. The summed E-state index contributed by atoms with van der Waals surface area (Å²) >= 11 is 8.20. The monoisotopic (exact) mass is 370 g/mol. The molecule has 0 N–H and O–H groups in total. The zero-order chi connectivity index (χ0) is 15.3. The van der Waals surface area contributed by atoms with E-state index < -0.39 is 0 Å². The van der Waals surface area contributed by atoms with Crippen LogP contribution in [0.15, 0.2) is 22.7 Å². The average molecular weight is 371 g/mol.